The first-order chi connectivity index (χ1) is 9.51. The summed E-state index contributed by atoms with van der Waals surface area (Å²) in [7, 11) is 1.49. The van der Waals surface area contributed by atoms with E-state index >= 15 is 0 Å². The minimum Gasteiger partial charge on any atom is -0.496 e. The summed E-state index contributed by atoms with van der Waals surface area (Å²) < 4.78 is 43.9. The molecule has 1 aromatic carbocycles. The van der Waals surface area contributed by atoms with E-state index < -0.39 is 18.6 Å². The van der Waals surface area contributed by atoms with Gasteiger partial charge in [0, 0.05) is 37.8 Å². The Morgan fingerprint density at radius 2 is 1.77 bits per heavy atom. The first-order valence-corrected chi connectivity index (χ1v) is 6.65. The van der Waals surface area contributed by atoms with Crippen LogP contribution in [0.2, 0.25) is 0 Å². The van der Waals surface area contributed by atoms with E-state index in [1.165, 1.54) is 7.11 Å². The van der Waals surface area contributed by atoms with Gasteiger partial charge in [-0.05, 0) is 6.07 Å². The summed E-state index contributed by atoms with van der Waals surface area (Å²) in [5.41, 5.74) is 0.606. The van der Waals surface area contributed by atoms with E-state index in [-0.39, 0.29) is 24.8 Å². The molecule has 1 fully saturated rings. The van der Waals surface area contributed by atoms with Crippen LogP contribution in [0.1, 0.15) is 18.0 Å². The third-order valence-electron chi connectivity index (χ3n) is 3.52. The van der Waals surface area contributed by atoms with Gasteiger partial charge in [-0.2, -0.15) is 13.2 Å². The molecule has 1 aliphatic heterocycles. The van der Waals surface area contributed by atoms with Crippen LogP contribution in [0.4, 0.5) is 13.2 Å². The van der Waals surface area contributed by atoms with E-state index in [1.807, 2.05) is 4.90 Å². The molecule has 1 aromatic rings. The van der Waals surface area contributed by atoms with Crippen molar-refractivity contribution in [2.24, 2.45) is 0 Å². The predicted octanol–water partition coefficient (Wildman–Crippen LogP) is 3.44. The lowest BCUT2D eigenvalue weighted by Gasteiger charge is -2.36. The number of benzene rings is 1. The van der Waals surface area contributed by atoms with Gasteiger partial charge >= 0.3 is 6.18 Å². The molecule has 1 saturated heterocycles. The van der Waals surface area contributed by atoms with Gasteiger partial charge in [-0.15, -0.1) is 24.8 Å². The minimum absolute atomic E-state index is 0. The predicted molar refractivity (Wildman–Crippen MR) is 85.3 cm³/mol. The maximum Gasteiger partial charge on any atom is 0.390 e. The number of halogens is 5. The van der Waals surface area contributed by atoms with Crippen LogP contribution < -0.4 is 10.1 Å². The molecule has 1 aliphatic rings. The van der Waals surface area contributed by atoms with Crippen LogP contribution in [0, 0.1) is 0 Å². The molecule has 0 spiro atoms. The SMILES string of the molecule is COc1ccccc1[C@@H](CC(F)(F)F)N1CCNCC1.Cl.Cl. The number of hydrogen-bond acceptors (Lipinski definition) is 3. The van der Waals surface area contributed by atoms with Crippen molar-refractivity contribution in [3.63, 3.8) is 0 Å². The zero-order valence-electron chi connectivity index (χ0n) is 12.2. The van der Waals surface area contributed by atoms with Crippen molar-refractivity contribution >= 4 is 24.8 Å². The molecule has 0 unspecified atom stereocenters. The highest BCUT2D eigenvalue weighted by Gasteiger charge is 2.37. The van der Waals surface area contributed by atoms with Crippen LogP contribution in [0.5, 0.6) is 5.75 Å². The van der Waals surface area contributed by atoms with Gasteiger partial charge in [-0.3, -0.25) is 4.90 Å². The fraction of sp³-hybridized carbons (Fsp3) is 0.571. The number of methoxy groups -OCH3 is 1. The van der Waals surface area contributed by atoms with Crippen molar-refractivity contribution in [1.29, 1.82) is 0 Å². The first kappa shape index (κ1) is 21.3. The van der Waals surface area contributed by atoms with Gasteiger partial charge in [0.15, 0.2) is 0 Å². The van der Waals surface area contributed by atoms with Gasteiger partial charge in [-0.25, -0.2) is 0 Å². The van der Waals surface area contributed by atoms with Gasteiger partial charge in [0.2, 0.25) is 0 Å². The third-order valence-corrected chi connectivity index (χ3v) is 3.52. The molecule has 1 heterocycles. The second-order valence-corrected chi connectivity index (χ2v) is 4.86. The van der Waals surface area contributed by atoms with Crippen molar-refractivity contribution in [2.45, 2.75) is 18.6 Å². The number of nitrogens with zero attached hydrogens (tertiary/aromatic N) is 1. The second-order valence-electron chi connectivity index (χ2n) is 4.86. The van der Waals surface area contributed by atoms with Crippen molar-refractivity contribution in [2.75, 3.05) is 33.3 Å². The highest BCUT2D eigenvalue weighted by atomic mass is 35.5. The molecule has 0 amide bonds. The molecular formula is C14H21Cl2F3N2O. The number of para-hydroxylation sites is 1. The summed E-state index contributed by atoms with van der Waals surface area (Å²) in [5, 5.41) is 3.16. The second kappa shape index (κ2) is 9.45. The zero-order valence-corrected chi connectivity index (χ0v) is 13.9. The first-order valence-electron chi connectivity index (χ1n) is 6.65. The average molecular weight is 361 g/mol. The number of ether oxygens (including phenoxy) is 1. The highest BCUT2D eigenvalue weighted by molar-refractivity contribution is 5.85. The lowest BCUT2D eigenvalue weighted by atomic mass is 9.99. The van der Waals surface area contributed by atoms with Crippen LogP contribution in [0.15, 0.2) is 24.3 Å². The van der Waals surface area contributed by atoms with Gasteiger partial charge in [0.05, 0.1) is 13.5 Å². The van der Waals surface area contributed by atoms with Gasteiger partial charge in [0.1, 0.15) is 5.75 Å². The van der Waals surface area contributed by atoms with Gasteiger partial charge in [0.25, 0.3) is 0 Å². The Labute approximate surface area is 141 Å². The molecule has 3 nitrogen and oxygen atoms in total. The number of piperazine rings is 1. The molecule has 22 heavy (non-hydrogen) atoms. The number of alkyl halides is 3. The maximum atomic E-state index is 12.9. The van der Waals surface area contributed by atoms with Gasteiger partial charge < -0.3 is 10.1 Å². The Morgan fingerprint density at radius 1 is 1.18 bits per heavy atom. The van der Waals surface area contributed by atoms with E-state index in [0.29, 0.717) is 37.5 Å². The molecule has 0 aliphatic carbocycles. The molecule has 8 heteroatoms. The molecule has 2 rings (SSSR count). The Bertz CT molecular complexity index is 440. The van der Waals surface area contributed by atoms with E-state index in [2.05, 4.69) is 5.32 Å². The summed E-state index contributed by atoms with van der Waals surface area (Å²) in [6.45, 7) is 2.64. The summed E-state index contributed by atoms with van der Waals surface area (Å²) in [4.78, 5) is 1.88. The molecule has 1 atom stereocenters. The Morgan fingerprint density at radius 3 is 2.32 bits per heavy atom. The quantitative estimate of drug-likeness (QED) is 0.889. The fourth-order valence-electron chi connectivity index (χ4n) is 2.59. The maximum absolute atomic E-state index is 12.9. The molecule has 1 N–H and O–H groups in total. The Balaban J connectivity index is 0.00000220. The molecule has 0 saturated carbocycles. The molecule has 128 valence electrons. The monoisotopic (exact) mass is 360 g/mol. The lowest BCUT2D eigenvalue weighted by molar-refractivity contribution is -0.148. The molecular weight excluding hydrogens is 340 g/mol. The zero-order chi connectivity index (χ0) is 14.6. The summed E-state index contributed by atoms with van der Waals surface area (Å²) in [5.74, 6) is 0.514. The Kier molecular flexibility index (Phi) is 9.15. The minimum atomic E-state index is -4.20. The molecule has 0 radical (unpaired) electrons. The number of nitrogens with one attached hydrogen (secondary N) is 1. The highest BCUT2D eigenvalue weighted by Crippen LogP contribution is 2.37. The normalized spacial score (nSPS) is 17.1. The van der Waals surface area contributed by atoms with E-state index in [1.54, 1.807) is 24.3 Å². The fourth-order valence-corrected chi connectivity index (χ4v) is 2.59. The van der Waals surface area contributed by atoms with Crippen LogP contribution >= 0.6 is 24.8 Å². The summed E-state index contributed by atoms with van der Waals surface area (Å²) in [6.07, 6.45) is -5.05. The summed E-state index contributed by atoms with van der Waals surface area (Å²) >= 11 is 0. The number of hydrogen-bond donors (Lipinski definition) is 1. The average Bonchev–Trinajstić information content (AvgIpc) is 2.45. The van der Waals surface area contributed by atoms with Crippen LogP contribution in [-0.2, 0) is 0 Å². The largest absolute Gasteiger partial charge is 0.496 e. The third kappa shape index (κ3) is 5.83. The lowest BCUT2D eigenvalue weighted by Crippen LogP contribution is -2.46. The molecule has 0 bridgehead atoms. The van der Waals surface area contributed by atoms with Crippen molar-refractivity contribution in [3.8, 4) is 5.75 Å². The van der Waals surface area contributed by atoms with E-state index in [0.717, 1.165) is 0 Å². The summed E-state index contributed by atoms with van der Waals surface area (Å²) in [6, 6.07) is 6.26. The topological polar surface area (TPSA) is 24.5 Å². The van der Waals surface area contributed by atoms with Crippen molar-refractivity contribution < 1.29 is 17.9 Å². The van der Waals surface area contributed by atoms with Crippen molar-refractivity contribution in [1.82, 2.24) is 10.2 Å². The van der Waals surface area contributed by atoms with E-state index in [9.17, 15) is 13.2 Å². The van der Waals surface area contributed by atoms with Crippen LogP contribution in [0.25, 0.3) is 0 Å². The van der Waals surface area contributed by atoms with Crippen molar-refractivity contribution in [3.05, 3.63) is 29.8 Å². The van der Waals surface area contributed by atoms with E-state index in [4.69, 9.17) is 4.74 Å². The number of rotatable bonds is 4. The standard InChI is InChI=1S/C14H19F3N2O.2ClH/c1-20-13-5-3-2-4-11(13)12(10-14(15,16)17)19-8-6-18-7-9-19;;/h2-5,12,18H,6-10H2,1H3;2*1H/t12-;;/m1../s1. The van der Waals surface area contributed by atoms with Crippen LogP contribution in [-0.4, -0.2) is 44.4 Å². The Hall–Kier alpha value is -0.690. The smallest absolute Gasteiger partial charge is 0.390 e. The molecule has 0 aromatic heterocycles. The van der Waals surface area contributed by atoms with Gasteiger partial charge in [-0.1, -0.05) is 18.2 Å². The van der Waals surface area contributed by atoms with Crippen LogP contribution in [0.3, 0.4) is 0 Å².